The van der Waals surface area contributed by atoms with Gasteiger partial charge in [-0.25, -0.2) is 4.79 Å². The van der Waals surface area contributed by atoms with Crippen LogP contribution in [0.2, 0.25) is 0 Å². The third-order valence-corrected chi connectivity index (χ3v) is 3.82. The van der Waals surface area contributed by atoms with Gasteiger partial charge in [-0.05, 0) is 36.8 Å². The zero-order chi connectivity index (χ0) is 16.8. The van der Waals surface area contributed by atoms with Gasteiger partial charge in [0.25, 0.3) is 0 Å². The highest BCUT2D eigenvalue weighted by Crippen LogP contribution is 2.10. The van der Waals surface area contributed by atoms with Gasteiger partial charge in [-0.15, -0.1) is 0 Å². The Morgan fingerprint density at radius 2 is 1.83 bits per heavy atom. The highest BCUT2D eigenvalue weighted by molar-refractivity contribution is 5.89. The summed E-state index contributed by atoms with van der Waals surface area (Å²) in [5.74, 6) is 0. The first-order valence-electron chi connectivity index (χ1n) is 8.00. The van der Waals surface area contributed by atoms with Crippen molar-refractivity contribution in [2.75, 3.05) is 5.32 Å². The molecule has 2 aromatic carbocycles. The fourth-order valence-electron chi connectivity index (χ4n) is 2.64. The number of amides is 2. The van der Waals surface area contributed by atoms with Crippen molar-refractivity contribution >= 4 is 11.7 Å². The van der Waals surface area contributed by atoms with Crippen LogP contribution in [0.25, 0.3) is 0 Å². The first kappa shape index (κ1) is 15.9. The van der Waals surface area contributed by atoms with E-state index in [0.717, 1.165) is 17.9 Å². The number of hydrogen-bond donors (Lipinski definition) is 2. The number of aryl methyl sites for hydroxylation is 1. The molecular formula is C20H21N3O. The van der Waals surface area contributed by atoms with E-state index in [4.69, 9.17) is 0 Å². The minimum absolute atomic E-state index is 0.204. The molecule has 0 aliphatic rings. The summed E-state index contributed by atoms with van der Waals surface area (Å²) in [5, 5.41) is 5.72. The van der Waals surface area contributed by atoms with E-state index in [2.05, 4.69) is 46.4 Å². The highest BCUT2D eigenvalue weighted by atomic mass is 16.2. The summed E-state index contributed by atoms with van der Waals surface area (Å²) in [6.45, 7) is 3.37. The number of rotatable bonds is 5. The van der Waals surface area contributed by atoms with Crippen LogP contribution in [0.15, 0.2) is 72.9 Å². The summed E-state index contributed by atoms with van der Waals surface area (Å²) in [5.41, 5.74) is 4.35. The Labute approximate surface area is 142 Å². The van der Waals surface area contributed by atoms with Crippen LogP contribution >= 0.6 is 0 Å². The molecule has 0 aliphatic heterocycles. The molecule has 0 atom stereocenters. The lowest BCUT2D eigenvalue weighted by Crippen LogP contribution is -2.29. The van der Waals surface area contributed by atoms with E-state index in [1.807, 2.05) is 48.7 Å². The number of benzene rings is 2. The minimum atomic E-state index is -0.204. The van der Waals surface area contributed by atoms with Gasteiger partial charge >= 0.3 is 6.03 Å². The molecule has 0 bridgehead atoms. The van der Waals surface area contributed by atoms with E-state index in [-0.39, 0.29) is 6.03 Å². The van der Waals surface area contributed by atoms with E-state index < -0.39 is 0 Å². The molecule has 0 saturated carbocycles. The Balaban J connectivity index is 1.58. The Morgan fingerprint density at radius 1 is 1.00 bits per heavy atom. The molecule has 0 radical (unpaired) electrons. The predicted octanol–water partition coefficient (Wildman–Crippen LogP) is 4.17. The average molecular weight is 319 g/mol. The summed E-state index contributed by atoms with van der Waals surface area (Å²) in [6, 6.07) is 21.7. The topological polar surface area (TPSA) is 46.1 Å². The number of carbonyl (C=O) groups excluding carboxylic acids is 1. The van der Waals surface area contributed by atoms with Gasteiger partial charge in [-0.1, -0.05) is 48.0 Å². The first-order valence-corrected chi connectivity index (χ1v) is 8.00. The van der Waals surface area contributed by atoms with Crippen molar-refractivity contribution in [1.82, 2.24) is 9.88 Å². The summed E-state index contributed by atoms with van der Waals surface area (Å²) < 4.78 is 2.15. The van der Waals surface area contributed by atoms with Crippen LogP contribution in [-0.2, 0) is 13.1 Å². The van der Waals surface area contributed by atoms with Crippen molar-refractivity contribution in [2.24, 2.45) is 0 Å². The number of hydrogen-bond acceptors (Lipinski definition) is 1. The number of para-hydroxylation sites is 1. The van der Waals surface area contributed by atoms with Crippen LogP contribution in [0.3, 0.4) is 0 Å². The second-order valence-electron chi connectivity index (χ2n) is 5.79. The number of aromatic nitrogens is 1. The number of carbonyl (C=O) groups is 1. The zero-order valence-corrected chi connectivity index (χ0v) is 13.7. The number of nitrogens with zero attached hydrogens (tertiary/aromatic N) is 1. The third-order valence-electron chi connectivity index (χ3n) is 3.82. The van der Waals surface area contributed by atoms with Gasteiger partial charge in [0.2, 0.25) is 0 Å². The second kappa shape index (κ2) is 7.51. The maximum absolute atomic E-state index is 12.0. The predicted molar refractivity (Wildman–Crippen MR) is 97.0 cm³/mol. The molecule has 0 spiro atoms. The number of urea groups is 1. The SMILES string of the molecule is Cc1cccc(Cn2cccc2CNC(=O)Nc2ccccc2)c1. The van der Waals surface area contributed by atoms with Gasteiger partial charge in [0.1, 0.15) is 0 Å². The molecule has 122 valence electrons. The molecule has 24 heavy (non-hydrogen) atoms. The lowest BCUT2D eigenvalue weighted by atomic mass is 10.1. The van der Waals surface area contributed by atoms with Gasteiger partial charge in [-0.3, -0.25) is 0 Å². The molecule has 0 fully saturated rings. The van der Waals surface area contributed by atoms with Crippen molar-refractivity contribution in [3.63, 3.8) is 0 Å². The average Bonchev–Trinajstić information content (AvgIpc) is 3.01. The Kier molecular flexibility index (Phi) is 4.96. The van der Waals surface area contributed by atoms with Crippen LogP contribution in [-0.4, -0.2) is 10.6 Å². The molecule has 3 rings (SSSR count). The van der Waals surface area contributed by atoms with Gasteiger partial charge in [-0.2, -0.15) is 0 Å². The lowest BCUT2D eigenvalue weighted by Gasteiger charge is -2.12. The number of nitrogens with one attached hydrogen (secondary N) is 2. The molecule has 3 aromatic rings. The molecule has 4 nitrogen and oxygen atoms in total. The Bertz CT molecular complexity index is 809. The molecule has 1 aromatic heterocycles. The van der Waals surface area contributed by atoms with Gasteiger partial charge < -0.3 is 15.2 Å². The van der Waals surface area contributed by atoms with Crippen molar-refractivity contribution in [3.05, 3.63) is 89.7 Å². The maximum Gasteiger partial charge on any atom is 0.319 e. The van der Waals surface area contributed by atoms with Crippen LogP contribution < -0.4 is 10.6 Å². The minimum Gasteiger partial charge on any atom is -0.345 e. The van der Waals surface area contributed by atoms with Crippen LogP contribution in [0.1, 0.15) is 16.8 Å². The summed E-state index contributed by atoms with van der Waals surface area (Å²) in [4.78, 5) is 12.0. The monoisotopic (exact) mass is 319 g/mol. The molecule has 0 aliphatic carbocycles. The lowest BCUT2D eigenvalue weighted by molar-refractivity contribution is 0.251. The van der Waals surface area contributed by atoms with Crippen molar-refractivity contribution in [1.29, 1.82) is 0 Å². The fraction of sp³-hybridized carbons (Fsp3) is 0.150. The molecule has 2 amide bonds. The van der Waals surface area contributed by atoms with E-state index in [9.17, 15) is 4.79 Å². The molecule has 0 unspecified atom stereocenters. The summed E-state index contributed by atoms with van der Waals surface area (Å²) >= 11 is 0. The normalized spacial score (nSPS) is 10.4. The van der Waals surface area contributed by atoms with E-state index in [1.165, 1.54) is 11.1 Å². The van der Waals surface area contributed by atoms with E-state index in [1.54, 1.807) is 0 Å². The van der Waals surface area contributed by atoms with Crippen molar-refractivity contribution in [2.45, 2.75) is 20.0 Å². The van der Waals surface area contributed by atoms with Gasteiger partial charge in [0.15, 0.2) is 0 Å². The van der Waals surface area contributed by atoms with E-state index >= 15 is 0 Å². The zero-order valence-electron chi connectivity index (χ0n) is 13.7. The first-order chi connectivity index (χ1) is 11.7. The molecule has 1 heterocycles. The Hall–Kier alpha value is -3.01. The van der Waals surface area contributed by atoms with Crippen LogP contribution in [0.5, 0.6) is 0 Å². The van der Waals surface area contributed by atoms with Crippen molar-refractivity contribution in [3.8, 4) is 0 Å². The van der Waals surface area contributed by atoms with Gasteiger partial charge in [0, 0.05) is 24.1 Å². The van der Waals surface area contributed by atoms with E-state index in [0.29, 0.717) is 6.54 Å². The molecular weight excluding hydrogens is 298 g/mol. The fourth-order valence-corrected chi connectivity index (χ4v) is 2.64. The third kappa shape index (κ3) is 4.26. The quantitative estimate of drug-likeness (QED) is 0.728. The van der Waals surface area contributed by atoms with Crippen molar-refractivity contribution < 1.29 is 4.79 Å². The van der Waals surface area contributed by atoms with Crippen LogP contribution in [0, 0.1) is 6.92 Å². The summed E-state index contributed by atoms with van der Waals surface area (Å²) in [7, 11) is 0. The second-order valence-corrected chi connectivity index (χ2v) is 5.79. The number of anilines is 1. The Morgan fingerprint density at radius 3 is 2.62 bits per heavy atom. The molecule has 0 saturated heterocycles. The molecule has 4 heteroatoms. The van der Waals surface area contributed by atoms with Gasteiger partial charge in [0.05, 0.1) is 6.54 Å². The standard InChI is InChI=1S/C20H21N3O/c1-16-7-5-8-17(13-16)15-23-12-6-11-19(23)14-21-20(24)22-18-9-3-2-4-10-18/h2-13H,14-15H2,1H3,(H2,21,22,24). The van der Waals surface area contributed by atoms with Crippen LogP contribution in [0.4, 0.5) is 10.5 Å². The highest BCUT2D eigenvalue weighted by Gasteiger charge is 2.05. The maximum atomic E-state index is 12.0. The smallest absolute Gasteiger partial charge is 0.319 e. The molecule has 2 N–H and O–H groups in total. The largest absolute Gasteiger partial charge is 0.345 e. The summed E-state index contributed by atoms with van der Waals surface area (Å²) in [6.07, 6.45) is 2.04.